The van der Waals surface area contributed by atoms with Gasteiger partial charge in [0.1, 0.15) is 5.75 Å². The van der Waals surface area contributed by atoms with Gasteiger partial charge in [-0.1, -0.05) is 61.5 Å². The molecule has 4 aromatic carbocycles. The number of para-hydroxylation sites is 2. The van der Waals surface area contributed by atoms with Crippen LogP contribution in [0.5, 0.6) is 5.75 Å². The van der Waals surface area contributed by atoms with Gasteiger partial charge in [0.15, 0.2) is 0 Å². The molecule has 0 spiro atoms. The fraction of sp³-hybridized carbons (Fsp3) is 0.257. The van der Waals surface area contributed by atoms with E-state index in [0.717, 1.165) is 66.5 Å². The highest BCUT2D eigenvalue weighted by atomic mass is 16.5. The number of aryl methyl sites for hydroxylation is 1. The molecule has 4 aromatic rings. The van der Waals surface area contributed by atoms with Gasteiger partial charge in [0.2, 0.25) is 0 Å². The molecule has 0 saturated carbocycles. The number of urea groups is 1. The highest BCUT2D eigenvalue weighted by Gasteiger charge is 2.24. The molecule has 0 radical (unpaired) electrons. The van der Waals surface area contributed by atoms with Crippen LogP contribution in [0.4, 0.5) is 27.5 Å². The van der Waals surface area contributed by atoms with Crippen molar-refractivity contribution in [3.63, 3.8) is 0 Å². The minimum absolute atomic E-state index is 0.185. The molecule has 8 nitrogen and oxygen atoms in total. The summed E-state index contributed by atoms with van der Waals surface area (Å²) in [6.45, 7) is 7.06. The Balaban J connectivity index is 1.36. The molecule has 5 rings (SSSR count). The Morgan fingerprint density at radius 1 is 0.767 bits per heavy atom. The molecule has 3 amide bonds. The summed E-state index contributed by atoms with van der Waals surface area (Å²) in [5, 5.41) is 8.96. The number of ether oxygens (including phenoxy) is 1. The zero-order chi connectivity index (χ0) is 30.2. The van der Waals surface area contributed by atoms with Crippen LogP contribution < -0.4 is 30.5 Å². The number of anilines is 4. The number of hydrogen-bond donors (Lipinski definition) is 3. The highest BCUT2D eigenvalue weighted by molar-refractivity contribution is 6.04. The van der Waals surface area contributed by atoms with Gasteiger partial charge in [-0.25, -0.2) is 4.79 Å². The Morgan fingerprint density at radius 3 is 2.12 bits per heavy atom. The van der Waals surface area contributed by atoms with Crippen LogP contribution in [0.15, 0.2) is 97.1 Å². The van der Waals surface area contributed by atoms with Crippen molar-refractivity contribution in [3.8, 4) is 5.75 Å². The van der Waals surface area contributed by atoms with Crippen LogP contribution >= 0.6 is 0 Å². The van der Waals surface area contributed by atoms with Gasteiger partial charge >= 0.3 is 6.03 Å². The molecule has 1 fully saturated rings. The van der Waals surface area contributed by atoms with Crippen LogP contribution in [-0.4, -0.2) is 45.2 Å². The lowest BCUT2D eigenvalue weighted by Crippen LogP contribution is -2.47. The molecule has 8 heteroatoms. The number of carbonyl (C=O) groups excluding carboxylic acids is 2. The van der Waals surface area contributed by atoms with E-state index in [0.29, 0.717) is 11.3 Å². The average molecular weight is 578 g/mol. The van der Waals surface area contributed by atoms with Gasteiger partial charge in [-0.3, -0.25) is 4.79 Å². The fourth-order valence-corrected chi connectivity index (χ4v) is 5.41. The number of piperazine rings is 1. The fourth-order valence-electron chi connectivity index (χ4n) is 5.41. The molecule has 0 aromatic heterocycles. The molecule has 1 atom stereocenters. The summed E-state index contributed by atoms with van der Waals surface area (Å²) in [6, 6.07) is 30.7. The number of benzene rings is 4. The average Bonchev–Trinajstić information content (AvgIpc) is 3.05. The van der Waals surface area contributed by atoms with Crippen molar-refractivity contribution >= 4 is 34.7 Å². The maximum absolute atomic E-state index is 13.8. The summed E-state index contributed by atoms with van der Waals surface area (Å²) in [6.07, 6.45) is 0.881. The van der Waals surface area contributed by atoms with Gasteiger partial charge in [-0.05, 0) is 66.9 Å². The van der Waals surface area contributed by atoms with Crippen molar-refractivity contribution in [2.24, 2.45) is 0 Å². The van der Waals surface area contributed by atoms with Crippen LogP contribution in [0.25, 0.3) is 0 Å². The van der Waals surface area contributed by atoms with Crippen molar-refractivity contribution < 1.29 is 14.3 Å². The van der Waals surface area contributed by atoms with E-state index in [1.807, 2.05) is 91.9 Å². The Hall–Kier alpha value is -4.98. The topological polar surface area (TPSA) is 85.9 Å². The SMILES string of the molecule is CCc1cccc(NC(=O)Nc2ccc(N3CCN(c4ccccc4OC)CC3)c(C(=O)NC(C)c3ccccc3)c2)c1. The summed E-state index contributed by atoms with van der Waals surface area (Å²) >= 11 is 0. The van der Waals surface area contributed by atoms with Crippen LogP contribution in [-0.2, 0) is 6.42 Å². The lowest BCUT2D eigenvalue weighted by atomic mass is 10.1. The van der Waals surface area contributed by atoms with E-state index in [4.69, 9.17) is 4.74 Å². The Bertz CT molecular complexity index is 1550. The predicted molar refractivity (Wildman–Crippen MR) is 175 cm³/mol. The molecular formula is C35H39N5O3. The maximum atomic E-state index is 13.8. The smallest absolute Gasteiger partial charge is 0.323 e. The van der Waals surface area contributed by atoms with Crippen LogP contribution in [0.1, 0.15) is 41.4 Å². The monoisotopic (exact) mass is 577 g/mol. The zero-order valence-electron chi connectivity index (χ0n) is 25.0. The lowest BCUT2D eigenvalue weighted by molar-refractivity contribution is 0.0940. The third kappa shape index (κ3) is 7.27. The van der Waals surface area contributed by atoms with Crippen LogP contribution in [0.2, 0.25) is 0 Å². The molecule has 43 heavy (non-hydrogen) atoms. The first-order valence-corrected chi connectivity index (χ1v) is 14.7. The molecule has 1 aliphatic rings. The number of methoxy groups -OCH3 is 1. The summed E-state index contributed by atoms with van der Waals surface area (Å²) < 4.78 is 5.58. The van der Waals surface area contributed by atoms with Gasteiger partial charge < -0.3 is 30.5 Å². The number of hydrogen-bond acceptors (Lipinski definition) is 5. The number of carbonyl (C=O) groups is 2. The van der Waals surface area contributed by atoms with E-state index >= 15 is 0 Å². The third-order valence-corrected chi connectivity index (χ3v) is 7.79. The molecule has 3 N–H and O–H groups in total. The minimum Gasteiger partial charge on any atom is -0.495 e. The second-order valence-electron chi connectivity index (χ2n) is 10.6. The van der Waals surface area contributed by atoms with Crippen molar-refractivity contribution in [2.45, 2.75) is 26.3 Å². The molecule has 1 saturated heterocycles. The predicted octanol–water partition coefficient (Wildman–Crippen LogP) is 6.72. The van der Waals surface area contributed by atoms with Crippen LogP contribution in [0.3, 0.4) is 0 Å². The van der Waals surface area contributed by atoms with Crippen molar-refractivity contribution in [1.29, 1.82) is 0 Å². The summed E-state index contributed by atoms with van der Waals surface area (Å²) in [5.74, 6) is 0.652. The third-order valence-electron chi connectivity index (χ3n) is 7.79. The van der Waals surface area contributed by atoms with Gasteiger partial charge in [0.05, 0.1) is 24.4 Å². The first kappa shape index (κ1) is 29.5. The molecule has 1 aliphatic heterocycles. The van der Waals surface area contributed by atoms with Gasteiger partial charge in [0.25, 0.3) is 5.91 Å². The molecule has 0 bridgehead atoms. The Labute approximate surface area is 253 Å². The van der Waals surface area contributed by atoms with Gasteiger partial charge in [-0.2, -0.15) is 0 Å². The Kier molecular flexibility index (Phi) is 9.46. The summed E-state index contributed by atoms with van der Waals surface area (Å²) in [7, 11) is 1.69. The second-order valence-corrected chi connectivity index (χ2v) is 10.6. The van der Waals surface area contributed by atoms with E-state index in [2.05, 4.69) is 38.7 Å². The van der Waals surface area contributed by atoms with Crippen molar-refractivity contribution in [1.82, 2.24) is 5.32 Å². The molecule has 0 aliphatic carbocycles. The first-order chi connectivity index (χ1) is 20.9. The second kappa shape index (κ2) is 13.8. The molecule has 1 heterocycles. The zero-order valence-corrected chi connectivity index (χ0v) is 25.0. The number of amides is 3. The summed E-state index contributed by atoms with van der Waals surface area (Å²) in [4.78, 5) is 31.2. The molecular weight excluding hydrogens is 538 g/mol. The highest BCUT2D eigenvalue weighted by Crippen LogP contribution is 2.31. The van der Waals surface area contributed by atoms with Crippen molar-refractivity contribution in [3.05, 3.63) is 114 Å². The minimum atomic E-state index is -0.365. The summed E-state index contributed by atoms with van der Waals surface area (Å²) in [5.41, 5.74) is 5.83. The van der Waals surface area contributed by atoms with Crippen LogP contribution in [0, 0.1) is 0 Å². The van der Waals surface area contributed by atoms with E-state index in [-0.39, 0.29) is 18.0 Å². The Morgan fingerprint density at radius 2 is 1.42 bits per heavy atom. The number of nitrogens with one attached hydrogen (secondary N) is 3. The number of rotatable bonds is 9. The van der Waals surface area contributed by atoms with E-state index in [1.165, 1.54) is 0 Å². The lowest BCUT2D eigenvalue weighted by Gasteiger charge is -2.38. The number of nitrogens with zero attached hydrogens (tertiary/aromatic N) is 2. The molecule has 222 valence electrons. The van der Waals surface area contributed by atoms with E-state index < -0.39 is 0 Å². The van der Waals surface area contributed by atoms with Gasteiger partial charge in [-0.15, -0.1) is 0 Å². The van der Waals surface area contributed by atoms with E-state index in [9.17, 15) is 9.59 Å². The first-order valence-electron chi connectivity index (χ1n) is 14.7. The quantitative estimate of drug-likeness (QED) is 0.206. The maximum Gasteiger partial charge on any atom is 0.323 e. The standard InChI is InChI=1S/C35H39N5O3/c1-4-26-11-10-14-28(23-26)37-35(42)38-29-17-18-31(30(24-29)34(41)36-25(2)27-12-6-5-7-13-27)39-19-21-40(22-20-39)32-15-8-9-16-33(32)43-3/h5-18,23-25H,4,19-22H2,1-3H3,(H,36,41)(H2,37,38,42). The van der Waals surface area contributed by atoms with Crippen molar-refractivity contribution in [2.75, 3.05) is 53.7 Å². The van der Waals surface area contributed by atoms with Gasteiger partial charge in [0, 0.05) is 43.2 Å². The van der Waals surface area contributed by atoms with E-state index in [1.54, 1.807) is 13.2 Å². The largest absolute Gasteiger partial charge is 0.495 e. The molecule has 1 unspecified atom stereocenters. The normalized spacial score (nSPS) is 13.7.